The van der Waals surface area contributed by atoms with Crippen LogP contribution in [0.2, 0.25) is 0 Å². The molecule has 2 fully saturated rings. The highest BCUT2D eigenvalue weighted by atomic mass is 32.2. The van der Waals surface area contributed by atoms with Gasteiger partial charge in [0.2, 0.25) is 5.91 Å². The molecule has 1 saturated heterocycles. The molecule has 2 aromatic rings. The second-order valence-electron chi connectivity index (χ2n) is 8.01. The molecule has 1 aliphatic heterocycles. The van der Waals surface area contributed by atoms with Crippen LogP contribution in [0.15, 0.2) is 59.5 Å². The number of hydrogen-bond acceptors (Lipinski definition) is 4. The Balaban J connectivity index is 1.43. The van der Waals surface area contributed by atoms with Crippen molar-refractivity contribution in [1.82, 2.24) is 5.32 Å². The van der Waals surface area contributed by atoms with E-state index in [2.05, 4.69) is 17.4 Å². The quantitative estimate of drug-likeness (QED) is 0.860. The van der Waals surface area contributed by atoms with Crippen molar-refractivity contribution in [1.29, 1.82) is 0 Å². The van der Waals surface area contributed by atoms with Gasteiger partial charge in [0.05, 0.1) is 4.90 Å². The molecule has 0 radical (unpaired) electrons. The van der Waals surface area contributed by atoms with E-state index in [9.17, 15) is 13.2 Å². The lowest BCUT2D eigenvalue weighted by Crippen LogP contribution is -2.56. The lowest BCUT2D eigenvalue weighted by Gasteiger charge is -2.35. The fourth-order valence-electron chi connectivity index (χ4n) is 4.98. The molecule has 6 heteroatoms. The molecule has 0 spiro atoms. The number of sulfone groups is 1. The largest absolute Gasteiger partial charge is 0.381 e. The Labute approximate surface area is 165 Å². The van der Waals surface area contributed by atoms with Crippen LogP contribution in [0.5, 0.6) is 0 Å². The molecular weight excluding hydrogens is 374 g/mol. The number of hydrogen-bond donors (Lipinski definition) is 1. The number of ether oxygens (including phenoxy) is 1. The first-order valence-electron chi connectivity index (χ1n) is 9.81. The Morgan fingerprint density at radius 3 is 2.43 bits per heavy atom. The number of fused-ring (bicyclic) bond motifs is 3. The second kappa shape index (κ2) is 6.42. The van der Waals surface area contributed by atoms with Crippen LogP contribution in [-0.4, -0.2) is 38.3 Å². The molecule has 1 amide bonds. The number of carbonyl (C=O) groups excluding carboxylic acids is 1. The van der Waals surface area contributed by atoms with Gasteiger partial charge in [-0.3, -0.25) is 4.79 Å². The third-order valence-electron chi connectivity index (χ3n) is 6.62. The Hall–Kier alpha value is -2.18. The first-order valence-corrected chi connectivity index (χ1v) is 11.3. The van der Waals surface area contributed by atoms with E-state index in [0.29, 0.717) is 11.8 Å². The summed E-state index contributed by atoms with van der Waals surface area (Å²) in [7, 11) is -3.82. The standard InChI is InChI=1S/C22H23NO4S/c24-21(23-20-18-14-15-6-4-5-9-17(15)19(18)20)22(10-12-27-13-11-22)28(25,26)16-7-2-1-3-8-16/h1-9,18-20H,10-14H2,(H,23,24). The molecule has 1 saturated carbocycles. The highest BCUT2D eigenvalue weighted by molar-refractivity contribution is 7.93. The molecule has 3 atom stereocenters. The third kappa shape index (κ3) is 2.54. The number of nitrogens with one attached hydrogen (secondary N) is 1. The smallest absolute Gasteiger partial charge is 0.242 e. The van der Waals surface area contributed by atoms with Crippen LogP contribution < -0.4 is 5.32 Å². The summed E-state index contributed by atoms with van der Waals surface area (Å²) in [6, 6.07) is 16.7. The van der Waals surface area contributed by atoms with Crippen LogP contribution >= 0.6 is 0 Å². The molecule has 5 nitrogen and oxygen atoms in total. The van der Waals surface area contributed by atoms with Crippen molar-refractivity contribution in [3.63, 3.8) is 0 Å². The van der Waals surface area contributed by atoms with Gasteiger partial charge in [0.25, 0.3) is 0 Å². The summed E-state index contributed by atoms with van der Waals surface area (Å²) in [5.74, 6) is 0.339. The normalized spacial score (nSPS) is 27.5. The molecular formula is C22H23NO4S. The number of amides is 1. The van der Waals surface area contributed by atoms with Crippen molar-refractivity contribution < 1.29 is 17.9 Å². The lowest BCUT2D eigenvalue weighted by atomic mass is 9.97. The average Bonchev–Trinajstić information content (AvgIpc) is 3.24. The van der Waals surface area contributed by atoms with Crippen LogP contribution in [0.1, 0.15) is 29.9 Å². The van der Waals surface area contributed by atoms with E-state index in [1.807, 2.05) is 12.1 Å². The maximum atomic E-state index is 13.5. The predicted octanol–water partition coefficient (Wildman–Crippen LogP) is 2.46. The van der Waals surface area contributed by atoms with Crippen molar-refractivity contribution in [3.05, 3.63) is 65.7 Å². The van der Waals surface area contributed by atoms with Crippen LogP contribution in [0.25, 0.3) is 0 Å². The van der Waals surface area contributed by atoms with Gasteiger partial charge in [0, 0.05) is 25.2 Å². The van der Waals surface area contributed by atoms with Crippen LogP contribution in [0.4, 0.5) is 0 Å². The molecule has 28 heavy (non-hydrogen) atoms. The van der Waals surface area contributed by atoms with E-state index in [-0.39, 0.29) is 42.9 Å². The average molecular weight is 397 g/mol. The van der Waals surface area contributed by atoms with E-state index in [4.69, 9.17) is 4.74 Å². The summed E-state index contributed by atoms with van der Waals surface area (Å²) in [6.45, 7) is 0.555. The lowest BCUT2D eigenvalue weighted by molar-refractivity contribution is -0.126. The van der Waals surface area contributed by atoms with Crippen molar-refractivity contribution >= 4 is 15.7 Å². The van der Waals surface area contributed by atoms with Crippen molar-refractivity contribution in [2.24, 2.45) is 5.92 Å². The molecule has 0 bridgehead atoms. The third-order valence-corrected chi connectivity index (χ3v) is 9.13. The van der Waals surface area contributed by atoms with Gasteiger partial charge in [-0.15, -0.1) is 0 Å². The molecule has 2 aliphatic carbocycles. The van der Waals surface area contributed by atoms with Gasteiger partial charge in [0.1, 0.15) is 0 Å². The molecule has 1 heterocycles. The van der Waals surface area contributed by atoms with E-state index in [0.717, 1.165) is 6.42 Å². The minimum Gasteiger partial charge on any atom is -0.381 e. The van der Waals surface area contributed by atoms with Gasteiger partial charge < -0.3 is 10.1 Å². The number of carbonyl (C=O) groups is 1. The molecule has 5 rings (SSSR count). The first kappa shape index (κ1) is 17.9. The molecule has 146 valence electrons. The van der Waals surface area contributed by atoms with E-state index < -0.39 is 14.6 Å². The van der Waals surface area contributed by atoms with Gasteiger partial charge in [-0.1, -0.05) is 42.5 Å². The molecule has 3 aliphatic rings. The fraction of sp³-hybridized carbons (Fsp3) is 0.409. The molecule has 0 aromatic heterocycles. The summed E-state index contributed by atoms with van der Waals surface area (Å²) in [6.07, 6.45) is 1.33. The monoisotopic (exact) mass is 397 g/mol. The minimum absolute atomic E-state index is 0.0353. The number of rotatable bonds is 4. The van der Waals surface area contributed by atoms with Crippen molar-refractivity contribution in [2.45, 2.75) is 40.9 Å². The minimum atomic E-state index is -3.82. The first-order chi connectivity index (χ1) is 13.5. The molecule has 1 N–H and O–H groups in total. The van der Waals surface area contributed by atoms with Crippen LogP contribution in [-0.2, 0) is 25.8 Å². The fourth-order valence-corrected chi connectivity index (χ4v) is 6.95. The van der Waals surface area contributed by atoms with Gasteiger partial charge in [-0.25, -0.2) is 8.42 Å². The topological polar surface area (TPSA) is 72.5 Å². The van der Waals surface area contributed by atoms with E-state index in [1.54, 1.807) is 30.3 Å². The Morgan fingerprint density at radius 1 is 1.00 bits per heavy atom. The SMILES string of the molecule is O=C(NC1C2Cc3ccccc3C21)C1(S(=O)(=O)c2ccccc2)CCOCC1. The van der Waals surface area contributed by atoms with Gasteiger partial charge >= 0.3 is 0 Å². The zero-order valence-corrected chi connectivity index (χ0v) is 16.3. The maximum absolute atomic E-state index is 13.5. The van der Waals surface area contributed by atoms with Gasteiger partial charge in [-0.2, -0.15) is 0 Å². The highest BCUT2D eigenvalue weighted by Gasteiger charge is 2.59. The summed E-state index contributed by atoms with van der Waals surface area (Å²) in [5.41, 5.74) is 2.64. The molecule has 3 unspecified atom stereocenters. The summed E-state index contributed by atoms with van der Waals surface area (Å²) < 4.78 is 30.9. The Kier molecular flexibility index (Phi) is 4.10. The maximum Gasteiger partial charge on any atom is 0.242 e. The number of benzene rings is 2. The van der Waals surface area contributed by atoms with Crippen LogP contribution in [0, 0.1) is 5.92 Å². The summed E-state index contributed by atoms with van der Waals surface area (Å²) in [4.78, 5) is 13.6. The van der Waals surface area contributed by atoms with Gasteiger partial charge in [0.15, 0.2) is 14.6 Å². The zero-order chi connectivity index (χ0) is 19.4. The summed E-state index contributed by atoms with van der Waals surface area (Å²) >= 11 is 0. The van der Waals surface area contributed by atoms with Gasteiger partial charge in [-0.05, 0) is 48.4 Å². The second-order valence-corrected chi connectivity index (χ2v) is 10.3. The predicted molar refractivity (Wildman–Crippen MR) is 105 cm³/mol. The molecule has 2 aromatic carbocycles. The van der Waals surface area contributed by atoms with E-state index in [1.165, 1.54) is 11.1 Å². The zero-order valence-electron chi connectivity index (χ0n) is 15.5. The van der Waals surface area contributed by atoms with E-state index >= 15 is 0 Å². The Morgan fingerprint density at radius 2 is 1.68 bits per heavy atom. The summed E-state index contributed by atoms with van der Waals surface area (Å²) in [5, 5.41) is 3.11. The highest BCUT2D eigenvalue weighted by Crippen LogP contribution is 2.56. The van der Waals surface area contributed by atoms with Crippen molar-refractivity contribution in [3.8, 4) is 0 Å². The van der Waals surface area contributed by atoms with Crippen LogP contribution in [0.3, 0.4) is 0 Å². The van der Waals surface area contributed by atoms with Crippen molar-refractivity contribution in [2.75, 3.05) is 13.2 Å². The Bertz CT molecular complexity index is 1010.